The lowest BCUT2D eigenvalue weighted by molar-refractivity contribution is 0.600. The lowest BCUT2D eigenvalue weighted by Crippen LogP contribution is -1.96. The second-order valence-corrected chi connectivity index (χ2v) is 5.66. The summed E-state index contributed by atoms with van der Waals surface area (Å²) in [5.74, 6) is 0. The third kappa shape index (κ3) is 1.06. The van der Waals surface area contributed by atoms with Crippen LogP contribution in [0.4, 0.5) is 0 Å². The van der Waals surface area contributed by atoms with Crippen molar-refractivity contribution >= 4 is 21.6 Å². The lowest BCUT2D eigenvalue weighted by atomic mass is 10.4. The van der Waals surface area contributed by atoms with Crippen molar-refractivity contribution in [3.05, 3.63) is 24.3 Å². The molecule has 0 unspecified atom stereocenters. The predicted octanol–water partition coefficient (Wildman–Crippen LogP) is 1.52. The number of hydrogen-bond acceptors (Lipinski definition) is 3. The summed E-state index contributed by atoms with van der Waals surface area (Å²) in [5.41, 5.74) is 0. The minimum atomic E-state index is -2.94. The molecule has 0 saturated carbocycles. The standard InChI is InChI=1S/C7H6O2S2/c8-11(9)5-10-6-3-1-2-4-7(6)11/h1-4H,5H2. The van der Waals surface area contributed by atoms with E-state index in [-0.39, 0.29) is 5.08 Å². The smallest absolute Gasteiger partial charge is 0.189 e. The van der Waals surface area contributed by atoms with Crippen molar-refractivity contribution in [2.45, 2.75) is 9.79 Å². The van der Waals surface area contributed by atoms with Gasteiger partial charge in [-0.2, -0.15) is 0 Å². The molecule has 0 aromatic heterocycles. The minimum absolute atomic E-state index is 0.201. The Kier molecular flexibility index (Phi) is 1.47. The Morgan fingerprint density at radius 2 is 2.00 bits per heavy atom. The number of benzene rings is 1. The molecule has 0 atom stereocenters. The summed E-state index contributed by atoms with van der Waals surface area (Å²) in [6.07, 6.45) is 0. The second kappa shape index (κ2) is 2.25. The molecule has 0 spiro atoms. The number of hydrogen-bond donors (Lipinski definition) is 0. The monoisotopic (exact) mass is 186 g/mol. The van der Waals surface area contributed by atoms with Gasteiger partial charge in [0.15, 0.2) is 9.84 Å². The van der Waals surface area contributed by atoms with Crippen molar-refractivity contribution in [2.75, 3.05) is 5.08 Å². The van der Waals surface area contributed by atoms with Crippen LogP contribution in [0, 0.1) is 0 Å². The molecule has 0 radical (unpaired) electrons. The Morgan fingerprint density at radius 1 is 1.27 bits per heavy atom. The third-order valence-corrected chi connectivity index (χ3v) is 5.09. The molecule has 1 aromatic carbocycles. The predicted molar refractivity (Wildman–Crippen MR) is 44.4 cm³/mol. The van der Waals surface area contributed by atoms with Crippen LogP contribution in [0.2, 0.25) is 0 Å². The Labute approximate surface area is 69.5 Å². The summed E-state index contributed by atoms with van der Waals surface area (Å²) in [4.78, 5) is 1.37. The van der Waals surface area contributed by atoms with Gasteiger partial charge in [0, 0.05) is 4.90 Å². The zero-order chi connectivity index (χ0) is 7.90. The van der Waals surface area contributed by atoms with Gasteiger partial charge < -0.3 is 0 Å². The average molecular weight is 186 g/mol. The normalized spacial score (nSPS) is 19.6. The van der Waals surface area contributed by atoms with E-state index in [0.29, 0.717) is 4.90 Å². The topological polar surface area (TPSA) is 34.1 Å². The fourth-order valence-corrected chi connectivity index (χ4v) is 4.27. The van der Waals surface area contributed by atoms with E-state index in [2.05, 4.69) is 0 Å². The van der Waals surface area contributed by atoms with Crippen LogP contribution in [-0.4, -0.2) is 13.5 Å². The molecule has 1 heterocycles. The van der Waals surface area contributed by atoms with E-state index >= 15 is 0 Å². The van der Waals surface area contributed by atoms with E-state index < -0.39 is 9.84 Å². The molecule has 4 heteroatoms. The minimum Gasteiger partial charge on any atom is -0.223 e. The molecule has 1 aliphatic heterocycles. The lowest BCUT2D eigenvalue weighted by Gasteiger charge is -1.92. The quantitative estimate of drug-likeness (QED) is 0.616. The van der Waals surface area contributed by atoms with Crippen molar-refractivity contribution in [1.29, 1.82) is 0 Å². The zero-order valence-corrected chi connectivity index (χ0v) is 7.28. The van der Waals surface area contributed by atoms with Crippen LogP contribution in [0.5, 0.6) is 0 Å². The highest BCUT2D eigenvalue weighted by Gasteiger charge is 2.25. The maximum Gasteiger partial charge on any atom is 0.189 e. The number of rotatable bonds is 0. The van der Waals surface area contributed by atoms with Crippen LogP contribution in [0.3, 0.4) is 0 Å². The van der Waals surface area contributed by atoms with E-state index in [1.807, 2.05) is 12.1 Å². The van der Waals surface area contributed by atoms with Crippen LogP contribution in [-0.2, 0) is 9.84 Å². The maximum atomic E-state index is 11.2. The molecule has 0 amide bonds. The van der Waals surface area contributed by atoms with Crippen LogP contribution in [0.1, 0.15) is 0 Å². The summed E-state index contributed by atoms with van der Waals surface area (Å²) in [7, 11) is -2.94. The molecular weight excluding hydrogens is 180 g/mol. The summed E-state index contributed by atoms with van der Waals surface area (Å²) in [6, 6.07) is 7.10. The largest absolute Gasteiger partial charge is 0.223 e. The van der Waals surface area contributed by atoms with Crippen LogP contribution in [0.15, 0.2) is 34.1 Å². The maximum absolute atomic E-state index is 11.2. The van der Waals surface area contributed by atoms with E-state index in [1.165, 1.54) is 11.8 Å². The third-order valence-electron chi connectivity index (χ3n) is 1.55. The van der Waals surface area contributed by atoms with Crippen LogP contribution in [0.25, 0.3) is 0 Å². The summed E-state index contributed by atoms with van der Waals surface area (Å²) < 4.78 is 22.5. The Balaban J connectivity index is 2.75. The summed E-state index contributed by atoms with van der Waals surface area (Å²) in [5, 5.41) is 0.201. The summed E-state index contributed by atoms with van der Waals surface area (Å²) in [6.45, 7) is 0. The van der Waals surface area contributed by atoms with Gasteiger partial charge in [0.1, 0.15) is 5.08 Å². The van der Waals surface area contributed by atoms with Crippen molar-refractivity contribution < 1.29 is 8.42 Å². The molecule has 2 nitrogen and oxygen atoms in total. The Bertz CT molecular complexity index is 381. The molecule has 11 heavy (non-hydrogen) atoms. The van der Waals surface area contributed by atoms with Gasteiger partial charge in [-0.1, -0.05) is 12.1 Å². The second-order valence-electron chi connectivity index (χ2n) is 2.32. The van der Waals surface area contributed by atoms with Gasteiger partial charge in [0.25, 0.3) is 0 Å². The molecule has 0 bridgehead atoms. The van der Waals surface area contributed by atoms with Gasteiger partial charge in [-0.05, 0) is 12.1 Å². The van der Waals surface area contributed by atoms with Crippen molar-refractivity contribution in [3.8, 4) is 0 Å². The first kappa shape index (κ1) is 7.18. The van der Waals surface area contributed by atoms with E-state index in [0.717, 1.165) is 4.90 Å². The van der Waals surface area contributed by atoms with E-state index in [4.69, 9.17) is 0 Å². The van der Waals surface area contributed by atoms with Crippen LogP contribution < -0.4 is 0 Å². The van der Waals surface area contributed by atoms with E-state index in [9.17, 15) is 8.42 Å². The van der Waals surface area contributed by atoms with Crippen LogP contribution >= 0.6 is 11.8 Å². The molecule has 1 aromatic rings. The van der Waals surface area contributed by atoms with Gasteiger partial charge >= 0.3 is 0 Å². The number of sulfone groups is 1. The molecule has 0 aliphatic carbocycles. The number of fused-ring (bicyclic) bond motifs is 1. The molecule has 2 rings (SSSR count). The molecule has 0 saturated heterocycles. The zero-order valence-electron chi connectivity index (χ0n) is 5.65. The highest BCUT2D eigenvalue weighted by Crippen LogP contribution is 2.36. The fraction of sp³-hybridized carbons (Fsp3) is 0.143. The summed E-state index contributed by atoms with van der Waals surface area (Å²) >= 11 is 1.39. The first-order chi connectivity index (χ1) is 5.20. The number of thioether (sulfide) groups is 1. The Morgan fingerprint density at radius 3 is 2.73 bits per heavy atom. The van der Waals surface area contributed by atoms with E-state index in [1.54, 1.807) is 12.1 Å². The van der Waals surface area contributed by atoms with Gasteiger partial charge in [-0.15, -0.1) is 11.8 Å². The first-order valence-corrected chi connectivity index (χ1v) is 5.78. The fourth-order valence-electron chi connectivity index (χ4n) is 1.03. The van der Waals surface area contributed by atoms with Gasteiger partial charge in [0.2, 0.25) is 0 Å². The van der Waals surface area contributed by atoms with Crippen molar-refractivity contribution in [1.82, 2.24) is 0 Å². The van der Waals surface area contributed by atoms with Crippen molar-refractivity contribution in [2.24, 2.45) is 0 Å². The molecule has 58 valence electrons. The van der Waals surface area contributed by atoms with Crippen molar-refractivity contribution in [3.63, 3.8) is 0 Å². The average Bonchev–Trinajstić information content (AvgIpc) is 2.29. The van der Waals surface area contributed by atoms with Gasteiger partial charge in [-0.3, -0.25) is 0 Å². The SMILES string of the molecule is O=S1(=O)CSc2ccccc21. The van der Waals surface area contributed by atoms with Gasteiger partial charge in [-0.25, -0.2) is 8.42 Å². The molecule has 1 aliphatic rings. The van der Waals surface area contributed by atoms with Gasteiger partial charge in [0.05, 0.1) is 4.90 Å². The highest BCUT2D eigenvalue weighted by molar-refractivity contribution is 8.15. The molecule has 0 fully saturated rings. The first-order valence-electron chi connectivity index (χ1n) is 3.15. The highest BCUT2D eigenvalue weighted by atomic mass is 32.3. The molecular formula is C7H6O2S2. The molecule has 0 N–H and O–H groups in total. The Hall–Kier alpha value is -0.480.